The van der Waals surface area contributed by atoms with E-state index in [1.54, 1.807) is 12.1 Å². The van der Waals surface area contributed by atoms with Crippen molar-refractivity contribution in [3.05, 3.63) is 59.7 Å². The third kappa shape index (κ3) is 3.54. The highest BCUT2D eigenvalue weighted by Crippen LogP contribution is 2.13. The minimum Gasteiger partial charge on any atom is -0.343 e. The molecule has 0 saturated heterocycles. The highest BCUT2D eigenvalue weighted by Gasteiger charge is 2.12. The summed E-state index contributed by atoms with van der Waals surface area (Å²) >= 11 is 0. The average Bonchev–Trinajstić information content (AvgIpc) is 2.93. The predicted octanol–water partition coefficient (Wildman–Crippen LogP) is 2.21. The Kier molecular flexibility index (Phi) is 4.19. The van der Waals surface area contributed by atoms with Crippen LogP contribution in [0.3, 0.4) is 0 Å². The zero-order valence-electron chi connectivity index (χ0n) is 12.3. The van der Waals surface area contributed by atoms with E-state index < -0.39 is 23.4 Å². The molecule has 0 fully saturated rings. The Morgan fingerprint density at radius 1 is 1.08 bits per heavy atom. The van der Waals surface area contributed by atoms with Crippen LogP contribution in [0.25, 0.3) is 11.0 Å². The molecule has 2 aromatic carbocycles. The van der Waals surface area contributed by atoms with Crippen molar-refractivity contribution in [2.45, 2.75) is 0 Å². The molecular formula is C16H12F2N4O2. The number of aromatic nitrogens is 2. The molecule has 0 unspecified atom stereocenters. The number of para-hydroxylation sites is 2. The number of hydrogen-bond acceptors (Lipinski definition) is 3. The third-order valence-corrected chi connectivity index (χ3v) is 3.18. The number of fused-ring (bicyclic) bond motifs is 1. The van der Waals surface area contributed by atoms with Gasteiger partial charge in [-0.25, -0.2) is 13.8 Å². The third-order valence-electron chi connectivity index (χ3n) is 3.18. The van der Waals surface area contributed by atoms with E-state index in [2.05, 4.69) is 20.6 Å². The number of H-pyrrole nitrogens is 1. The molecule has 0 saturated carbocycles. The Morgan fingerprint density at radius 2 is 1.79 bits per heavy atom. The molecule has 1 aromatic heterocycles. The lowest BCUT2D eigenvalue weighted by atomic mass is 10.2. The number of anilines is 1. The second-order valence-electron chi connectivity index (χ2n) is 4.99. The van der Waals surface area contributed by atoms with Crippen LogP contribution in [0.5, 0.6) is 0 Å². The van der Waals surface area contributed by atoms with E-state index in [1.807, 2.05) is 12.1 Å². The Bertz CT molecular complexity index is 870. The molecule has 24 heavy (non-hydrogen) atoms. The van der Waals surface area contributed by atoms with Gasteiger partial charge in [-0.15, -0.1) is 0 Å². The Balaban J connectivity index is 1.59. The first-order valence-corrected chi connectivity index (χ1v) is 7.00. The molecule has 0 atom stereocenters. The van der Waals surface area contributed by atoms with Gasteiger partial charge in [-0.3, -0.25) is 14.9 Å². The molecule has 122 valence electrons. The largest absolute Gasteiger partial charge is 0.343 e. The van der Waals surface area contributed by atoms with Crippen molar-refractivity contribution >= 4 is 28.8 Å². The van der Waals surface area contributed by atoms with Crippen LogP contribution in [0.15, 0.2) is 42.5 Å². The fourth-order valence-electron chi connectivity index (χ4n) is 2.14. The maximum absolute atomic E-state index is 13.1. The number of halogens is 2. The van der Waals surface area contributed by atoms with Crippen molar-refractivity contribution in [1.29, 1.82) is 0 Å². The molecule has 6 nitrogen and oxygen atoms in total. The van der Waals surface area contributed by atoms with Crippen LogP contribution in [-0.2, 0) is 4.79 Å². The van der Waals surface area contributed by atoms with Gasteiger partial charge in [0.15, 0.2) is 0 Å². The molecule has 3 rings (SSSR count). The van der Waals surface area contributed by atoms with Gasteiger partial charge in [0.25, 0.3) is 5.91 Å². The quantitative estimate of drug-likeness (QED) is 0.685. The van der Waals surface area contributed by atoms with E-state index in [0.29, 0.717) is 11.6 Å². The van der Waals surface area contributed by atoms with Gasteiger partial charge in [0.1, 0.15) is 11.6 Å². The number of hydrogen-bond donors (Lipinski definition) is 3. The van der Waals surface area contributed by atoms with Crippen LogP contribution in [0, 0.1) is 11.6 Å². The van der Waals surface area contributed by atoms with E-state index in [1.165, 1.54) is 0 Å². The smallest absolute Gasteiger partial charge is 0.251 e. The fraction of sp³-hybridized carbons (Fsp3) is 0.0625. The lowest BCUT2D eigenvalue weighted by molar-refractivity contribution is -0.115. The predicted molar refractivity (Wildman–Crippen MR) is 83.4 cm³/mol. The number of carbonyl (C=O) groups is 2. The van der Waals surface area contributed by atoms with Crippen LogP contribution < -0.4 is 10.6 Å². The summed E-state index contributed by atoms with van der Waals surface area (Å²) in [4.78, 5) is 30.7. The summed E-state index contributed by atoms with van der Waals surface area (Å²) in [6.45, 7) is -0.367. The van der Waals surface area contributed by atoms with Crippen molar-refractivity contribution in [2.75, 3.05) is 11.9 Å². The first-order valence-electron chi connectivity index (χ1n) is 7.00. The van der Waals surface area contributed by atoms with Gasteiger partial charge in [-0.2, -0.15) is 0 Å². The fourth-order valence-corrected chi connectivity index (χ4v) is 2.14. The molecule has 2 amide bonds. The molecule has 0 aliphatic rings. The van der Waals surface area contributed by atoms with E-state index in [4.69, 9.17) is 0 Å². The van der Waals surface area contributed by atoms with Crippen LogP contribution in [0.1, 0.15) is 10.4 Å². The minimum atomic E-state index is -0.869. The second-order valence-corrected chi connectivity index (χ2v) is 4.99. The Hall–Kier alpha value is -3.29. The summed E-state index contributed by atoms with van der Waals surface area (Å²) in [6.07, 6.45) is 0. The normalized spacial score (nSPS) is 10.6. The number of nitrogens with one attached hydrogen (secondary N) is 3. The minimum absolute atomic E-state index is 0.205. The summed E-state index contributed by atoms with van der Waals surface area (Å²) in [6, 6.07) is 9.65. The van der Waals surface area contributed by atoms with Gasteiger partial charge in [0.05, 0.1) is 17.6 Å². The molecular weight excluding hydrogens is 318 g/mol. The lowest BCUT2D eigenvalue weighted by Gasteiger charge is -2.05. The monoisotopic (exact) mass is 330 g/mol. The molecule has 3 N–H and O–H groups in total. The number of nitrogens with zero attached hydrogens (tertiary/aromatic N) is 1. The van der Waals surface area contributed by atoms with E-state index in [9.17, 15) is 18.4 Å². The number of rotatable bonds is 4. The molecule has 0 bridgehead atoms. The SMILES string of the molecule is O=C(CNC(=O)c1cc(F)cc(F)c1)Nc1nc2ccccc2[nH]1. The number of aromatic amines is 1. The average molecular weight is 330 g/mol. The van der Waals surface area contributed by atoms with Gasteiger partial charge >= 0.3 is 0 Å². The van der Waals surface area contributed by atoms with Crippen molar-refractivity contribution < 1.29 is 18.4 Å². The molecule has 0 radical (unpaired) electrons. The zero-order valence-corrected chi connectivity index (χ0v) is 12.3. The Morgan fingerprint density at radius 3 is 2.50 bits per heavy atom. The second kappa shape index (κ2) is 6.45. The zero-order chi connectivity index (χ0) is 17.1. The van der Waals surface area contributed by atoms with E-state index in [-0.39, 0.29) is 18.1 Å². The van der Waals surface area contributed by atoms with Gasteiger partial charge < -0.3 is 10.3 Å². The molecule has 0 aliphatic heterocycles. The highest BCUT2D eigenvalue weighted by atomic mass is 19.1. The summed E-state index contributed by atoms with van der Waals surface area (Å²) in [5, 5.41) is 4.77. The lowest BCUT2D eigenvalue weighted by Crippen LogP contribution is -2.33. The van der Waals surface area contributed by atoms with Crippen LogP contribution in [-0.4, -0.2) is 28.3 Å². The van der Waals surface area contributed by atoms with Crippen LogP contribution in [0.4, 0.5) is 14.7 Å². The van der Waals surface area contributed by atoms with Crippen molar-refractivity contribution in [3.63, 3.8) is 0 Å². The number of carbonyl (C=O) groups excluding carboxylic acids is 2. The van der Waals surface area contributed by atoms with Gasteiger partial charge in [-0.05, 0) is 24.3 Å². The van der Waals surface area contributed by atoms with Crippen LogP contribution in [0.2, 0.25) is 0 Å². The number of benzene rings is 2. The highest BCUT2D eigenvalue weighted by molar-refractivity contribution is 5.99. The van der Waals surface area contributed by atoms with Crippen molar-refractivity contribution in [1.82, 2.24) is 15.3 Å². The van der Waals surface area contributed by atoms with Crippen molar-refractivity contribution in [3.8, 4) is 0 Å². The summed E-state index contributed by atoms with van der Waals surface area (Å²) in [5.41, 5.74) is 1.24. The Labute approximate surface area is 134 Å². The van der Waals surface area contributed by atoms with Gasteiger partial charge in [0, 0.05) is 11.6 Å². The topological polar surface area (TPSA) is 86.9 Å². The van der Waals surface area contributed by atoms with Gasteiger partial charge in [0.2, 0.25) is 11.9 Å². The number of imidazole rings is 1. The summed E-state index contributed by atoms with van der Waals surface area (Å²) < 4.78 is 26.1. The van der Waals surface area contributed by atoms with Gasteiger partial charge in [-0.1, -0.05) is 12.1 Å². The maximum atomic E-state index is 13.1. The van der Waals surface area contributed by atoms with E-state index >= 15 is 0 Å². The molecule has 0 aliphatic carbocycles. The van der Waals surface area contributed by atoms with Crippen LogP contribution >= 0.6 is 0 Å². The maximum Gasteiger partial charge on any atom is 0.251 e. The standard InChI is InChI=1S/C16H12F2N4O2/c17-10-5-9(6-11(18)7-10)15(24)19-8-14(23)22-16-20-12-3-1-2-4-13(12)21-16/h1-7H,8H2,(H,19,24)(H2,20,21,22,23). The first kappa shape index (κ1) is 15.6. The molecule has 1 heterocycles. The summed E-state index contributed by atoms with van der Waals surface area (Å²) in [5.74, 6) is -2.78. The molecule has 0 spiro atoms. The summed E-state index contributed by atoms with van der Waals surface area (Å²) in [7, 11) is 0. The first-order chi connectivity index (χ1) is 11.5. The number of amides is 2. The molecule has 3 aromatic rings. The van der Waals surface area contributed by atoms with Crippen molar-refractivity contribution in [2.24, 2.45) is 0 Å². The van der Waals surface area contributed by atoms with E-state index in [0.717, 1.165) is 17.6 Å². The molecule has 8 heteroatoms.